The van der Waals surface area contributed by atoms with Crippen LogP contribution < -0.4 is 10.6 Å². The van der Waals surface area contributed by atoms with Crippen LogP contribution in [0.3, 0.4) is 0 Å². The van der Waals surface area contributed by atoms with E-state index in [4.69, 9.17) is 11.6 Å². The summed E-state index contributed by atoms with van der Waals surface area (Å²) in [6.45, 7) is 0. The zero-order valence-corrected chi connectivity index (χ0v) is 12.4. The third-order valence-electron chi connectivity index (χ3n) is 2.01. The van der Waals surface area contributed by atoms with E-state index < -0.39 is 0 Å². The first kappa shape index (κ1) is 13.3. The average Bonchev–Trinajstić information content (AvgIpc) is 2.82. The third kappa shape index (κ3) is 2.98. The van der Waals surface area contributed by atoms with E-state index in [-0.39, 0.29) is 10.9 Å². The molecule has 5 nitrogen and oxygen atoms in total. The number of halogens is 2. The van der Waals surface area contributed by atoms with Crippen molar-refractivity contribution in [3.05, 3.63) is 32.7 Å². The number of amides is 1. The lowest BCUT2D eigenvalue weighted by atomic mass is 10.3. The Hall–Kier alpha value is -1.18. The van der Waals surface area contributed by atoms with E-state index in [9.17, 15) is 4.79 Å². The van der Waals surface area contributed by atoms with Gasteiger partial charge in [-0.3, -0.25) is 4.79 Å². The number of carbonyl (C=O) groups excluding carboxylic acids is 1. The summed E-state index contributed by atoms with van der Waals surface area (Å²) >= 11 is 10.4. The number of carbonyl (C=O) groups is 1. The summed E-state index contributed by atoms with van der Waals surface area (Å²) in [5.41, 5.74) is 0.591. The van der Waals surface area contributed by atoms with E-state index in [1.165, 1.54) is 11.3 Å². The maximum Gasteiger partial charge on any atom is 0.286 e. The summed E-state index contributed by atoms with van der Waals surface area (Å²) in [5.74, 6) is -0.322. The molecule has 0 radical (unpaired) electrons. The topological polar surface area (TPSA) is 66.9 Å². The second kappa shape index (κ2) is 5.64. The second-order valence-electron chi connectivity index (χ2n) is 3.24. The van der Waals surface area contributed by atoms with Crippen molar-refractivity contribution in [2.75, 3.05) is 17.7 Å². The number of hydrogen-bond donors (Lipinski definition) is 2. The highest BCUT2D eigenvalue weighted by Gasteiger charge is 2.13. The Morgan fingerprint density at radius 3 is 2.89 bits per heavy atom. The molecule has 0 aliphatic carbocycles. The van der Waals surface area contributed by atoms with E-state index in [1.54, 1.807) is 25.2 Å². The highest BCUT2D eigenvalue weighted by molar-refractivity contribution is 9.10. The smallest absolute Gasteiger partial charge is 0.286 e. The van der Waals surface area contributed by atoms with Gasteiger partial charge in [0.1, 0.15) is 0 Å². The van der Waals surface area contributed by atoms with Gasteiger partial charge in [-0.25, -0.2) is 0 Å². The first-order valence-electron chi connectivity index (χ1n) is 4.88. The minimum absolute atomic E-state index is 0.284. The van der Waals surface area contributed by atoms with Crippen molar-refractivity contribution in [2.24, 2.45) is 0 Å². The lowest BCUT2D eigenvalue weighted by Gasteiger charge is -2.05. The summed E-state index contributed by atoms with van der Waals surface area (Å²) in [4.78, 5) is 11.9. The molecule has 0 aliphatic rings. The van der Waals surface area contributed by atoms with Crippen LogP contribution in [0.2, 0.25) is 5.02 Å². The van der Waals surface area contributed by atoms with Gasteiger partial charge >= 0.3 is 0 Å². The molecule has 0 spiro atoms. The Morgan fingerprint density at radius 1 is 1.44 bits per heavy atom. The van der Waals surface area contributed by atoms with Crippen LogP contribution in [-0.2, 0) is 0 Å². The molecule has 0 fully saturated rings. The van der Waals surface area contributed by atoms with Crippen LogP contribution in [-0.4, -0.2) is 23.2 Å². The molecule has 1 amide bonds. The monoisotopic (exact) mass is 346 g/mol. The minimum Gasteiger partial charge on any atom is -0.363 e. The normalized spacial score (nSPS) is 10.2. The highest BCUT2D eigenvalue weighted by atomic mass is 79.9. The minimum atomic E-state index is -0.322. The van der Waals surface area contributed by atoms with Crippen molar-refractivity contribution in [1.82, 2.24) is 10.2 Å². The molecular formula is C10H8BrClN4OS. The van der Waals surface area contributed by atoms with E-state index in [1.807, 2.05) is 0 Å². The molecule has 2 aromatic rings. The Kier molecular flexibility index (Phi) is 4.15. The fraction of sp³-hybridized carbons (Fsp3) is 0.100. The van der Waals surface area contributed by atoms with Gasteiger partial charge < -0.3 is 10.6 Å². The van der Waals surface area contributed by atoms with Gasteiger partial charge in [0.15, 0.2) is 0 Å². The molecular weight excluding hydrogens is 340 g/mol. The number of nitrogens with one attached hydrogen (secondary N) is 2. The molecule has 0 bridgehead atoms. The van der Waals surface area contributed by atoms with Crippen molar-refractivity contribution in [2.45, 2.75) is 0 Å². The zero-order valence-electron chi connectivity index (χ0n) is 9.20. The Labute approximate surface area is 121 Å². The lowest BCUT2D eigenvalue weighted by Crippen LogP contribution is -2.12. The number of aromatic nitrogens is 2. The Morgan fingerprint density at radius 2 is 2.22 bits per heavy atom. The van der Waals surface area contributed by atoms with Crippen molar-refractivity contribution in [3.8, 4) is 0 Å². The molecule has 0 atom stereocenters. The molecule has 1 aromatic heterocycles. The van der Waals surface area contributed by atoms with Gasteiger partial charge in [-0.05, 0) is 34.1 Å². The van der Waals surface area contributed by atoms with E-state index in [0.717, 1.165) is 4.47 Å². The number of hydrogen-bond acceptors (Lipinski definition) is 5. The predicted octanol–water partition coefficient (Wildman–Crippen LogP) is 3.25. The van der Waals surface area contributed by atoms with Gasteiger partial charge in [0.2, 0.25) is 10.1 Å². The fourth-order valence-corrected chi connectivity index (χ4v) is 2.30. The molecule has 2 N–H and O–H groups in total. The largest absolute Gasteiger partial charge is 0.363 e. The molecule has 2 rings (SSSR count). The van der Waals surface area contributed by atoms with Crippen LogP contribution in [0.4, 0.5) is 10.8 Å². The van der Waals surface area contributed by atoms with E-state index in [0.29, 0.717) is 15.8 Å². The van der Waals surface area contributed by atoms with Crippen molar-refractivity contribution < 1.29 is 4.79 Å². The molecule has 0 saturated heterocycles. The van der Waals surface area contributed by atoms with Gasteiger partial charge in [-0.2, -0.15) is 0 Å². The van der Waals surface area contributed by atoms with Crippen molar-refractivity contribution in [1.29, 1.82) is 0 Å². The quantitative estimate of drug-likeness (QED) is 0.894. The SMILES string of the molecule is CNc1nnc(C(=O)Nc2cc(Cl)ccc2Br)s1. The summed E-state index contributed by atoms with van der Waals surface area (Å²) in [6.07, 6.45) is 0. The standard InChI is InChI=1S/C10H8BrClN4OS/c1-13-10-16-15-9(18-10)8(17)14-7-4-5(12)2-3-6(7)11/h2-4H,1H3,(H,13,16)(H,14,17). The number of anilines is 2. The Bertz CT molecular complexity index is 589. The first-order valence-corrected chi connectivity index (χ1v) is 6.86. The maximum atomic E-state index is 11.9. The van der Waals surface area contributed by atoms with Crippen LogP contribution in [0.5, 0.6) is 0 Å². The van der Waals surface area contributed by atoms with Crippen molar-refractivity contribution >= 4 is 55.6 Å². The van der Waals surface area contributed by atoms with Crippen LogP contribution in [0.1, 0.15) is 9.80 Å². The zero-order chi connectivity index (χ0) is 13.1. The summed E-state index contributed by atoms with van der Waals surface area (Å²) in [7, 11) is 1.72. The highest BCUT2D eigenvalue weighted by Crippen LogP contribution is 2.26. The summed E-state index contributed by atoms with van der Waals surface area (Å²) in [6, 6.07) is 5.14. The van der Waals surface area contributed by atoms with Crippen LogP contribution >= 0.6 is 38.9 Å². The molecule has 0 unspecified atom stereocenters. The summed E-state index contributed by atoms with van der Waals surface area (Å²) in [5, 5.41) is 14.5. The Balaban J connectivity index is 2.18. The number of benzene rings is 1. The van der Waals surface area contributed by atoms with Gasteiger partial charge in [-0.1, -0.05) is 22.9 Å². The molecule has 18 heavy (non-hydrogen) atoms. The van der Waals surface area contributed by atoms with Crippen molar-refractivity contribution in [3.63, 3.8) is 0 Å². The van der Waals surface area contributed by atoms with Gasteiger partial charge in [0.25, 0.3) is 5.91 Å². The number of rotatable bonds is 3. The van der Waals surface area contributed by atoms with Crippen LogP contribution in [0, 0.1) is 0 Å². The van der Waals surface area contributed by atoms with E-state index >= 15 is 0 Å². The van der Waals surface area contributed by atoms with E-state index in [2.05, 4.69) is 36.8 Å². The van der Waals surface area contributed by atoms with Gasteiger partial charge in [0, 0.05) is 16.5 Å². The first-order chi connectivity index (χ1) is 8.60. The second-order valence-corrected chi connectivity index (χ2v) is 5.51. The van der Waals surface area contributed by atoms with Gasteiger partial charge in [-0.15, -0.1) is 10.2 Å². The summed E-state index contributed by atoms with van der Waals surface area (Å²) < 4.78 is 0.749. The van der Waals surface area contributed by atoms with Crippen LogP contribution in [0.25, 0.3) is 0 Å². The lowest BCUT2D eigenvalue weighted by molar-refractivity contribution is 0.102. The van der Waals surface area contributed by atoms with Crippen LogP contribution in [0.15, 0.2) is 22.7 Å². The fourth-order valence-electron chi connectivity index (χ4n) is 1.19. The number of nitrogens with zero attached hydrogens (tertiary/aromatic N) is 2. The molecule has 0 saturated carbocycles. The predicted molar refractivity (Wildman–Crippen MR) is 76.6 cm³/mol. The van der Waals surface area contributed by atoms with Gasteiger partial charge in [0.05, 0.1) is 5.69 Å². The molecule has 1 aromatic carbocycles. The maximum absolute atomic E-state index is 11.9. The average molecular weight is 348 g/mol. The molecule has 94 valence electrons. The molecule has 8 heteroatoms. The molecule has 0 aliphatic heterocycles. The molecule has 1 heterocycles. The third-order valence-corrected chi connectivity index (χ3v) is 3.88.